The van der Waals surface area contributed by atoms with E-state index in [1.807, 2.05) is 0 Å². The number of nitrogens with zero attached hydrogens (tertiary/aromatic N) is 2. The molecule has 1 fully saturated rings. The van der Waals surface area contributed by atoms with Gasteiger partial charge in [0.05, 0.1) is 18.2 Å². The molecule has 194 valence electrons. The van der Waals surface area contributed by atoms with Crippen LogP contribution in [0.2, 0.25) is 5.02 Å². The molecular weight excluding hydrogens is 482 g/mol. The number of hydrogen-bond donors (Lipinski definition) is 2. The summed E-state index contributed by atoms with van der Waals surface area (Å²) in [6.45, 7) is 12.3. The van der Waals surface area contributed by atoms with Crippen LogP contribution in [0.25, 0.3) is 5.76 Å². The van der Waals surface area contributed by atoms with Gasteiger partial charge in [0, 0.05) is 22.8 Å². The average Bonchev–Trinajstić information content (AvgIpc) is 3.29. The Labute approximate surface area is 216 Å². The van der Waals surface area contributed by atoms with Crippen LogP contribution in [-0.4, -0.2) is 70.3 Å². The molecule has 0 bridgehead atoms. The summed E-state index contributed by atoms with van der Waals surface area (Å²) in [5.41, 5.74) is 2.12. The van der Waals surface area contributed by atoms with E-state index in [0.717, 1.165) is 19.6 Å². The van der Waals surface area contributed by atoms with E-state index >= 15 is 0 Å². The number of aliphatic hydroxyl groups excluding tert-OH is 1. The van der Waals surface area contributed by atoms with E-state index in [1.54, 1.807) is 45.0 Å². The van der Waals surface area contributed by atoms with E-state index in [2.05, 4.69) is 23.7 Å². The molecule has 1 saturated heterocycles. The number of aryl methyl sites for hydroxylation is 1. The average molecular weight is 516 g/mol. The van der Waals surface area contributed by atoms with Gasteiger partial charge in [-0.05, 0) is 70.1 Å². The molecule has 0 aliphatic carbocycles. The minimum absolute atomic E-state index is 0.00855. The van der Waals surface area contributed by atoms with Gasteiger partial charge in [-0.15, -0.1) is 0 Å². The van der Waals surface area contributed by atoms with E-state index in [9.17, 15) is 19.5 Å². The maximum atomic E-state index is 13.3. The van der Waals surface area contributed by atoms with Gasteiger partial charge in [-0.3, -0.25) is 9.59 Å². The first-order valence-corrected chi connectivity index (χ1v) is 12.7. The summed E-state index contributed by atoms with van der Waals surface area (Å²) in [4.78, 5) is 45.6. The number of amides is 1. The number of aromatic nitrogens is 1. The monoisotopic (exact) mass is 515 g/mol. The zero-order chi connectivity index (χ0) is 26.6. The molecular formula is C27H34ClN3O5. The molecule has 1 amide bonds. The number of rotatable bonds is 10. The van der Waals surface area contributed by atoms with Crippen LogP contribution in [0, 0.1) is 13.8 Å². The quantitative estimate of drug-likeness (QED) is 0.207. The van der Waals surface area contributed by atoms with Gasteiger partial charge in [0.1, 0.15) is 11.5 Å². The Bertz CT molecular complexity index is 1160. The van der Waals surface area contributed by atoms with Crippen molar-refractivity contribution >= 4 is 35.0 Å². The third kappa shape index (κ3) is 5.34. The summed E-state index contributed by atoms with van der Waals surface area (Å²) in [7, 11) is 0. The maximum absolute atomic E-state index is 13.3. The van der Waals surface area contributed by atoms with Crippen LogP contribution >= 0.6 is 11.6 Å². The zero-order valence-corrected chi connectivity index (χ0v) is 22.2. The summed E-state index contributed by atoms with van der Waals surface area (Å²) in [6, 6.07) is 6.12. The number of halogens is 1. The Morgan fingerprint density at radius 1 is 1.14 bits per heavy atom. The summed E-state index contributed by atoms with van der Waals surface area (Å²) >= 11 is 6.09. The Balaban J connectivity index is 2.10. The highest BCUT2D eigenvalue weighted by molar-refractivity contribution is 6.46. The van der Waals surface area contributed by atoms with Gasteiger partial charge >= 0.3 is 5.97 Å². The van der Waals surface area contributed by atoms with Crippen molar-refractivity contribution in [3.63, 3.8) is 0 Å². The van der Waals surface area contributed by atoms with Crippen molar-refractivity contribution in [1.29, 1.82) is 0 Å². The molecule has 8 nitrogen and oxygen atoms in total. The minimum Gasteiger partial charge on any atom is -0.507 e. The standard InChI is InChI=1S/C27H34ClN3O5/c1-6-30(7-2)14-9-15-31-23(18-10-12-19(28)13-11-18)21(25(33)26(31)34)24(32)20-16(4)22(29-17(20)5)27(35)36-8-3/h10-13,23,29,32H,6-9,14-15H2,1-5H3. The number of ether oxygens (including phenoxy) is 1. The fourth-order valence-electron chi connectivity index (χ4n) is 4.75. The smallest absolute Gasteiger partial charge is 0.355 e. The lowest BCUT2D eigenvalue weighted by Crippen LogP contribution is -2.33. The Morgan fingerprint density at radius 2 is 1.78 bits per heavy atom. The predicted molar refractivity (Wildman–Crippen MR) is 139 cm³/mol. The number of esters is 1. The van der Waals surface area contributed by atoms with Crippen molar-refractivity contribution in [2.45, 2.75) is 47.1 Å². The first-order chi connectivity index (χ1) is 17.2. The number of benzene rings is 1. The Hall–Kier alpha value is -3.10. The fraction of sp³-hybridized carbons (Fsp3) is 0.444. The molecule has 36 heavy (non-hydrogen) atoms. The summed E-state index contributed by atoms with van der Waals surface area (Å²) in [6.07, 6.45) is 0.675. The highest BCUT2D eigenvalue weighted by Gasteiger charge is 2.46. The third-order valence-corrected chi connectivity index (χ3v) is 6.90. The summed E-state index contributed by atoms with van der Waals surface area (Å²) in [5, 5.41) is 12.0. The number of hydrogen-bond acceptors (Lipinski definition) is 6. The molecule has 2 N–H and O–H groups in total. The van der Waals surface area contributed by atoms with Crippen molar-refractivity contribution in [3.05, 3.63) is 62.9 Å². The van der Waals surface area contributed by atoms with Gasteiger partial charge in [-0.25, -0.2) is 4.79 Å². The zero-order valence-electron chi connectivity index (χ0n) is 21.5. The number of ketones is 1. The van der Waals surface area contributed by atoms with Crippen LogP contribution in [0.4, 0.5) is 0 Å². The maximum Gasteiger partial charge on any atom is 0.355 e. The molecule has 1 aromatic carbocycles. The molecule has 1 atom stereocenters. The molecule has 0 saturated carbocycles. The minimum atomic E-state index is -0.779. The van der Waals surface area contributed by atoms with Crippen molar-refractivity contribution in [1.82, 2.24) is 14.8 Å². The second kappa shape index (κ2) is 11.8. The molecule has 2 heterocycles. The highest BCUT2D eigenvalue weighted by Crippen LogP contribution is 2.41. The van der Waals surface area contributed by atoms with Crippen molar-refractivity contribution in [2.75, 3.05) is 32.8 Å². The van der Waals surface area contributed by atoms with Gasteiger partial charge in [0.2, 0.25) is 0 Å². The molecule has 0 radical (unpaired) electrons. The topological polar surface area (TPSA) is 103 Å². The molecule has 0 spiro atoms. The fourth-order valence-corrected chi connectivity index (χ4v) is 4.88. The van der Waals surface area contributed by atoms with Crippen molar-refractivity contribution in [3.8, 4) is 0 Å². The van der Waals surface area contributed by atoms with Gasteiger partial charge in [0.25, 0.3) is 11.7 Å². The van der Waals surface area contributed by atoms with Gasteiger partial charge < -0.3 is 24.6 Å². The SMILES string of the molecule is CCOC(=O)c1[nH]c(C)c(C(O)=C2C(=O)C(=O)N(CCCN(CC)CC)C2c2ccc(Cl)cc2)c1C. The van der Waals surface area contributed by atoms with Gasteiger partial charge in [-0.2, -0.15) is 0 Å². The number of Topliss-reactive ketones (excluding diaryl/α,β-unsaturated/α-hetero) is 1. The van der Waals surface area contributed by atoms with E-state index in [4.69, 9.17) is 16.3 Å². The van der Waals surface area contributed by atoms with Gasteiger partial charge in [-0.1, -0.05) is 37.6 Å². The summed E-state index contributed by atoms with van der Waals surface area (Å²) < 4.78 is 5.11. The summed E-state index contributed by atoms with van der Waals surface area (Å²) in [5.74, 6) is -2.29. The number of nitrogens with one attached hydrogen (secondary N) is 1. The molecule has 9 heteroatoms. The van der Waals surface area contributed by atoms with E-state index in [-0.39, 0.29) is 23.6 Å². The van der Waals surface area contributed by atoms with Crippen LogP contribution in [0.1, 0.15) is 66.1 Å². The van der Waals surface area contributed by atoms with Crippen LogP contribution in [-0.2, 0) is 14.3 Å². The normalized spacial score (nSPS) is 17.3. The van der Waals surface area contributed by atoms with Gasteiger partial charge in [0.15, 0.2) is 0 Å². The third-order valence-electron chi connectivity index (χ3n) is 6.65. The second-order valence-electron chi connectivity index (χ2n) is 8.77. The highest BCUT2D eigenvalue weighted by atomic mass is 35.5. The van der Waals surface area contributed by atoms with Crippen molar-refractivity contribution in [2.24, 2.45) is 0 Å². The molecule has 1 aliphatic heterocycles. The number of likely N-dealkylation sites (tertiary alicyclic amines) is 1. The number of aromatic amines is 1. The predicted octanol–water partition coefficient (Wildman–Crippen LogP) is 4.62. The van der Waals surface area contributed by atoms with E-state index in [1.165, 1.54) is 4.90 Å². The lowest BCUT2D eigenvalue weighted by molar-refractivity contribution is -0.140. The molecule has 3 rings (SSSR count). The molecule has 1 aliphatic rings. The lowest BCUT2D eigenvalue weighted by Gasteiger charge is -2.27. The first-order valence-electron chi connectivity index (χ1n) is 12.3. The van der Waals surface area contributed by atoms with Crippen molar-refractivity contribution < 1.29 is 24.2 Å². The largest absolute Gasteiger partial charge is 0.507 e. The van der Waals surface area contributed by atoms with E-state index in [0.29, 0.717) is 40.4 Å². The molecule has 1 unspecified atom stereocenters. The molecule has 1 aromatic heterocycles. The number of H-pyrrole nitrogens is 1. The lowest BCUT2D eigenvalue weighted by atomic mass is 9.94. The first kappa shape index (κ1) is 27.5. The number of aliphatic hydroxyl groups is 1. The van der Waals surface area contributed by atoms with Crippen LogP contribution in [0.5, 0.6) is 0 Å². The molecule has 2 aromatic rings. The Kier molecular flexibility index (Phi) is 8.98. The number of carbonyl (C=O) groups excluding carboxylic acids is 3. The van der Waals surface area contributed by atoms with E-state index < -0.39 is 23.7 Å². The second-order valence-corrected chi connectivity index (χ2v) is 9.21. The van der Waals surface area contributed by atoms with Crippen LogP contribution in [0.15, 0.2) is 29.8 Å². The van der Waals surface area contributed by atoms with Crippen LogP contribution in [0.3, 0.4) is 0 Å². The number of carbonyl (C=O) groups is 3. The Morgan fingerprint density at radius 3 is 2.36 bits per heavy atom. The van der Waals surface area contributed by atoms with Crippen LogP contribution < -0.4 is 0 Å².